The van der Waals surface area contributed by atoms with Gasteiger partial charge in [-0.1, -0.05) is 30.7 Å². The van der Waals surface area contributed by atoms with Crippen molar-refractivity contribution in [2.45, 2.75) is 45.6 Å². The Morgan fingerprint density at radius 3 is 2.77 bits per heavy atom. The highest BCUT2D eigenvalue weighted by molar-refractivity contribution is 6.31. The molecule has 0 saturated carbocycles. The number of nitrogens with one attached hydrogen (secondary N) is 1. The Morgan fingerprint density at radius 1 is 1.32 bits per heavy atom. The summed E-state index contributed by atoms with van der Waals surface area (Å²) in [5, 5.41) is 4.24. The van der Waals surface area contributed by atoms with Gasteiger partial charge >= 0.3 is 0 Å². The minimum absolute atomic E-state index is 0.572. The molecule has 1 N–H and O–H groups in total. The number of imidazole rings is 1. The summed E-state index contributed by atoms with van der Waals surface area (Å²) in [6, 6.07) is 6.22. The number of hydrogen-bond donors (Lipinski definition) is 1. The second-order valence-corrected chi connectivity index (χ2v) is 6.57. The summed E-state index contributed by atoms with van der Waals surface area (Å²) >= 11 is 6.28. The lowest BCUT2D eigenvalue weighted by Gasteiger charge is -2.22. The van der Waals surface area contributed by atoms with Crippen LogP contribution in [0, 0.1) is 6.92 Å². The van der Waals surface area contributed by atoms with E-state index in [1.165, 1.54) is 18.7 Å². The first-order valence-corrected chi connectivity index (χ1v) is 8.61. The maximum Gasteiger partial charge on any atom is 0.112 e. The molecule has 1 aromatic heterocycles. The standard InChI is InChI=1S/C18H24ClN3/c1-3-10-22-12-17(15-5-4-13(2)16(19)11-15)21-18(22)14-6-8-20-9-7-14/h4-5,11-12,14,20H,3,6-10H2,1-2H3. The summed E-state index contributed by atoms with van der Waals surface area (Å²) in [5.74, 6) is 1.82. The molecule has 3 rings (SSSR count). The highest BCUT2D eigenvalue weighted by atomic mass is 35.5. The van der Waals surface area contributed by atoms with Gasteiger partial charge < -0.3 is 9.88 Å². The molecule has 1 saturated heterocycles. The molecule has 2 aromatic rings. The fourth-order valence-corrected chi connectivity index (χ4v) is 3.33. The number of halogens is 1. The van der Waals surface area contributed by atoms with E-state index in [9.17, 15) is 0 Å². The largest absolute Gasteiger partial charge is 0.334 e. The first-order valence-electron chi connectivity index (χ1n) is 8.23. The Morgan fingerprint density at radius 2 is 2.09 bits per heavy atom. The molecule has 1 aromatic carbocycles. The average molecular weight is 318 g/mol. The topological polar surface area (TPSA) is 29.9 Å². The molecule has 2 heterocycles. The third-order valence-corrected chi connectivity index (χ3v) is 4.85. The highest BCUT2D eigenvalue weighted by Gasteiger charge is 2.21. The Bertz CT molecular complexity index is 642. The van der Waals surface area contributed by atoms with Crippen molar-refractivity contribution in [1.82, 2.24) is 14.9 Å². The van der Waals surface area contributed by atoms with Crippen LogP contribution in [0.5, 0.6) is 0 Å². The normalized spacial score (nSPS) is 16.1. The van der Waals surface area contributed by atoms with Gasteiger partial charge in [0.25, 0.3) is 0 Å². The zero-order chi connectivity index (χ0) is 15.5. The van der Waals surface area contributed by atoms with E-state index in [1.807, 2.05) is 13.0 Å². The number of aryl methyl sites for hydroxylation is 2. The predicted octanol–water partition coefficient (Wildman–Crippen LogP) is 4.39. The number of hydrogen-bond acceptors (Lipinski definition) is 2. The number of aromatic nitrogens is 2. The van der Waals surface area contributed by atoms with Crippen LogP contribution in [0.3, 0.4) is 0 Å². The Kier molecular flexibility index (Phi) is 4.84. The van der Waals surface area contributed by atoms with Gasteiger partial charge in [-0.3, -0.25) is 0 Å². The van der Waals surface area contributed by atoms with Crippen LogP contribution in [-0.2, 0) is 6.54 Å². The molecular formula is C18H24ClN3. The molecule has 1 aliphatic rings. The lowest BCUT2D eigenvalue weighted by molar-refractivity contribution is 0.429. The van der Waals surface area contributed by atoms with E-state index in [4.69, 9.17) is 16.6 Å². The summed E-state index contributed by atoms with van der Waals surface area (Å²) in [5.41, 5.74) is 3.27. The lowest BCUT2D eigenvalue weighted by atomic mass is 9.97. The fourth-order valence-electron chi connectivity index (χ4n) is 3.15. The van der Waals surface area contributed by atoms with Crippen LogP contribution < -0.4 is 5.32 Å². The SMILES string of the molecule is CCCn1cc(-c2ccc(C)c(Cl)c2)nc1C1CCNCC1. The minimum atomic E-state index is 0.572. The van der Waals surface area contributed by atoms with E-state index >= 15 is 0 Å². The maximum atomic E-state index is 6.28. The first kappa shape index (κ1) is 15.6. The van der Waals surface area contributed by atoms with E-state index in [-0.39, 0.29) is 0 Å². The monoisotopic (exact) mass is 317 g/mol. The van der Waals surface area contributed by atoms with Crippen LogP contribution in [0.25, 0.3) is 11.3 Å². The van der Waals surface area contributed by atoms with Crippen molar-refractivity contribution in [2.75, 3.05) is 13.1 Å². The van der Waals surface area contributed by atoms with Crippen LogP contribution in [0.15, 0.2) is 24.4 Å². The van der Waals surface area contributed by atoms with E-state index in [0.29, 0.717) is 5.92 Å². The number of nitrogens with zero attached hydrogens (tertiary/aromatic N) is 2. The summed E-state index contributed by atoms with van der Waals surface area (Å²) < 4.78 is 2.35. The quantitative estimate of drug-likeness (QED) is 0.906. The zero-order valence-electron chi connectivity index (χ0n) is 13.4. The van der Waals surface area contributed by atoms with Gasteiger partial charge in [-0.25, -0.2) is 4.98 Å². The van der Waals surface area contributed by atoms with Gasteiger partial charge in [0.1, 0.15) is 5.82 Å². The third-order valence-electron chi connectivity index (χ3n) is 4.44. The molecule has 1 aliphatic heterocycles. The second kappa shape index (κ2) is 6.84. The van der Waals surface area contributed by atoms with Gasteiger partial charge in [-0.15, -0.1) is 0 Å². The molecular weight excluding hydrogens is 294 g/mol. The number of benzene rings is 1. The molecule has 1 fully saturated rings. The lowest BCUT2D eigenvalue weighted by Crippen LogP contribution is -2.28. The van der Waals surface area contributed by atoms with Gasteiger partial charge in [-0.2, -0.15) is 0 Å². The van der Waals surface area contributed by atoms with E-state index in [0.717, 1.165) is 47.9 Å². The van der Waals surface area contributed by atoms with Crippen LogP contribution in [-0.4, -0.2) is 22.6 Å². The molecule has 0 amide bonds. The van der Waals surface area contributed by atoms with Gasteiger partial charge in [0, 0.05) is 29.2 Å². The molecule has 0 bridgehead atoms. The molecule has 22 heavy (non-hydrogen) atoms. The smallest absolute Gasteiger partial charge is 0.112 e. The number of rotatable bonds is 4. The predicted molar refractivity (Wildman–Crippen MR) is 92.5 cm³/mol. The average Bonchev–Trinajstić information content (AvgIpc) is 2.95. The third kappa shape index (κ3) is 3.21. The van der Waals surface area contributed by atoms with Crippen molar-refractivity contribution in [3.05, 3.63) is 40.8 Å². The summed E-state index contributed by atoms with van der Waals surface area (Å²) in [7, 11) is 0. The molecule has 0 spiro atoms. The van der Waals surface area contributed by atoms with Crippen LogP contribution >= 0.6 is 11.6 Å². The second-order valence-electron chi connectivity index (χ2n) is 6.17. The minimum Gasteiger partial charge on any atom is -0.334 e. The fraction of sp³-hybridized carbons (Fsp3) is 0.500. The maximum absolute atomic E-state index is 6.28. The number of piperidine rings is 1. The Hall–Kier alpha value is -1.32. The molecule has 4 heteroatoms. The van der Waals surface area contributed by atoms with E-state index in [2.05, 4.69) is 35.1 Å². The Balaban J connectivity index is 1.96. The molecule has 0 radical (unpaired) electrons. The summed E-state index contributed by atoms with van der Waals surface area (Å²) in [6.45, 7) is 7.47. The molecule has 0 aliphatic carbocycles. The van der Waals surface area contributed by atoms with Crippen molar-refractivity contribution >= 4 is 11.6 Å². The van der Waals surface area contributed by atoms with Crippen LogP contribution in [0.4, 0.5) is 0 Å². The van der Waals surface area contributed by atoms with Gasteiger partial charge in [-0.05, 0) is 50.9 Å². The van der Waals surface area contributed by atoms with Crippen molar-refractivity contribution in [3.63, 3.8) is 0 Å². The van der Waals surface area contributed by atoms with E-state index in [1.54, 1.807) is 0 Å². The molecule has 0 atom stereocenters. The molecule has 0 unspecified atom stereocenters. The van der Waals surface area contributed by atoms with Crippen LogP contribution in [0.1, 0.15) is 43.5 Å². The molecule has 3 nitrogen and oxygen atoms in total. The molecule has 118 valence electrons. The van der Waals surface area contributed by atoms with E-state index < -0.39 is 0 Å². The first-order chi connectivity index (χ1) is 10.7. The Labute approximate surface area is 137 Å². The van der Waals surface area contributed by atoms with Gasteiger partial charge in [0.05, 0.1) is 5.69 Å². The summed E-state index contributed by atoms with van der Waals surface area (Å²) in [6.07, 6.45) is 5.67. The van der Waals surface area contributed by atoms with Crippen molar-refractivity contribution in [1.29, 1.82) is 0 Å². The van der Waals surface area contributed by atoms with Crippen LogP contribution in [0.2, 0.25) is 5.02 Å². The van der Waals surface area contributed by atoms with Crippen molar-refractivity contribution in [2.24, 2.45) is 0 Å². The van der Waals surface area contributed by atoms with Gasteiger partial charge in [0.15, 0.2) is 0 Å². The van der Waals surface area contributed by atoms with Crippen molar-refractivity contribution in [3.8, 4) is 11.3 Å². The van der Waals surface area contributed by atoms with Gasteiger partial charge in [0.2, 0.25) is 0 Å². The highest BCUT2D eigenvalue weighted by Crippen LogP contribution is 2.30. The zero-order valence-corrected chi connectivity index (χ0v) is 14.2. The summed E-state index contributed by atoms with van der Waals surface area (Å²) in [4.78, 5) is 4.97. The van der Waals surface area contributed by atoms with Crippen molar-refractivity contribution < 1.29 is 0 Å².